The number of nitrogens with zero attached hydrogens (tertiary/aromatic N) is 3. The Bertz CT molecular complexity index is 618. The quantitative estimate of drug-likeness (QED) is 0.277. The zero-order valence-corrected chi connectivity index (χ0v) is 14.2. The summed E-state index contributed by atoms with van der Waals surface area (Å²) in [5.41, 5.74) is 2.38. The summed E-state index contributed by atoms with van der Waals surface area (Å²) in [6, 6.07) is 20.5. The molecule has 0 aliphatic heterocycles. The van der Waals surface area contributed by atoms with E-state index in [1.54, 1.807) is 0 Å². The van der Waals surface area contributed by atoms with Crippen molar-refractivity contribution >= 4 is 5.96 Å². The third kappa shape index (κ3) is 5.77. The van der Waals surface area contributed by atoms with Crippen LogP contribution in [-0.4, -0.2) is 17.4 Å². The lowest BCUT2D eigenvalue weighted by Gasteiger charge is -2.25. The Kier molecular flexibility index (Phi) is 7.36. The normalized spacial score (nSPS) is 10.9. The van der Waals surface area contributed by atoms with E-state index in [1.165, 1.54) is 11.1 Å². The zero-order valence-electron chi connectivity index (χ0n) is 14.2. The van der Waals surface area contributed by atoms with E-state index in [9.17, 15) is 0 Å². The highest BCUT2D eigenvalue weighted by molar-refractivity contribution is 5.81. The minimum absolute atomic E-state index is 0.638. The summed E-state index contributed by atoms with van der Waals surface area (Å²) >= 11 is 0. The summed E-state index contributed by atoms with van der Waals surface area (Å²) in [5.74, 6) is 0.638. The Morgan fingerprint density at radius 2 is 1.54 bits per heavy atom. The molecule has 4 heteroatoms. The van der Waals surface area contributed by atoms with E-state index in [-0.39, 0.29) is 0 Å². The number of nitrogens with one attached hydrogen (secondary N) is 1. The molecule has 2 aromatic rings. The van der Waals surface area contributed by atoms with E-state index in [2.05, 4.69) is 46.4 Å². The van der Waals surface area contributed by atoms with Crippen molar-refractivity contribution in [3.05, 3.63) is 71.8 Å². The number of guanidine groups is 1. The first-order valence-electron chi connectivity index (χ1n) is 8.36. The summed E-state index contributed by atoms with van der Waals surface area (Å²) < 4.78 is 0. The molecular formula is C20H24N4. The molecule has 0 fully saturated rings. The molecule has 0 radical (unpaired) electrons. The van der Waals surface area contributed by atoms with Crippen LogP contribution in [-0.2, 0) is 13.1 Å². The largest absolute Gasteiger partial charge is 0.334 e. The van der Waals surface area contributed by atoms with Gasteiger partial charge >= 0.3 is 0 Å². The first-order valence-corrected chi connectivity index (χ1v) is 8.36. The molecule has 0 spiro atoms. The number of hydrogen-bond acceptors (Lipinski definition) is 2. The first kappa shape index (κ1) is 17.6. The van der Waals surface area contributed by atoms with E-state index in [1.807, 2.05) is 42.6 Å². The fraction of sp³-hybridized carbons (Fsp3) is 0.300. The van der Waals surface area contributed by atoms with Crippen molar-refractivity contribution in [1.82, 2.24) is 10.2 Å². The van der Waals surface area contributed by atoms with Gasteiger partial charge in [-0.3, -0.25) is 10.3 Å². The van der Waals surface area contributed by atoms with Crippen LogP contribution in [0.3, 0.4) is 0 Å². The van der Waals surface area contributed by atoms with Gasteiger partial charge in [0.25, 0.3) is 0 Å². The lowest BCUT2D eigenvalue weighted by Crippen LogP contribution is -2.38. The molecule has 0 aliphatic rings. The van der Waals surface area contributed by atoms with Gasteiger partial charge in [0.2, 0.25) is 5.96 Å². The van der Waals surface area contributed by atoms with E-state index in [0.29, 0.717) is 19.0 Å². The van der Waals surface area contributed by atoms with E-state index >= 15 is 0 Å². The molecule has 0 atom stereocenters. The van der Waals surface area contributed by atoms with Crippen molar-refractivity contribution in [3.8, 4) is 6.19 Å². The molecule has 0 amide bonds. The van der Waals surface area contributed by atoms with Gasteiger partial charge in [-0.05, 0) is 17.5 Å². The SMILES string of the molecule is CCCCN=C(NC#N)N(Cc1ccccc1)Cc1ccccc1. The van der Waals surface area contributed by atoms with Crippen LogP contribution in [0.4, 0.5) is 0 Å². The van der Waals surface area contributed by atoms with Gasteiger partial charge in [-0.1, -0.05) is 74.0 Å². The van der Waals surface area contributed by atoms with Gasteiger partial charge in [-0.2, -0.15) is 5.26 Å². The lowest BCUT2D eigenvalue weighted by molar-refractivity contribution is 0.394. The maximum atomic E-state index is 9.11. The van der Waals surface area contributed by atoms with Crippen LogP contribution in [0.2, 0.25) is 0 Å². The second-order valence-corrected chi connectivity index (χ2v) is 5.62. The summed E-state index contributed by atoms with van der Waals surface area (Å²) in [6.45, 7) is 4.27. The van der Waals surface area contributed by atoms with Crippen LogP contribution in [0.5, 0.6) is 0 Å². The van der Waals surface area contributed by atoms with Crippen molar-refractivity contribution in [1.29, 1.82) is 5.26 Å². The third-order valence-corrected chi connectivity index (χ3v) is 3.67. The Balaban J connectivity index is 2.22. The second kappa shape index (κ2) is 10.1. The third-order valence-electron chi connectivity index (χ3n) is 3.67. The van der Waals surface area contributed by atoms with Gasteiger partial charge in [0.05, 0.1) is 0 Å². The number of aliphatic imine (C=N–C) groups is 1. The number of unbranched alkanes of at least 4 members (excludes halogenated alkanes) is 1. The van der Waals surface area contributed by atoms with Crippen LogP contribution >= 0.6 is 0 Å². The lowest BCUT2D eigenvalue weighted by atomic mass is 10.2. The smallest absolute Gasteiger partial charge is 0.207 e. The van der Waals surface area contributed by atoms with Gasteiger partial charge in [-0.25, -0.2) is 0 Å². The molecule has 0 heterocycles. The van der Waals surface area contributed by atoms with E-state index < -0.39 is 0 Å². The molecule has 2 rings (SSSR count). The Hall–Kier alpha value is -2.80. The summed E-state index contributed by atoms with van der Waals surface area (Å²) in [7, 11) is 0. The van der Waals surface area contributed by atoms with Crippen LogP contribution in [0, 0.1) is 11.5 Å². The molecule has 1 N–H and O–H groups in total. The molecule has 4 nitrogen and oxygen atoms in total. The Morgan fingerprint density at radius 3 is 2.00 bits per heavy atom. The first-order chi connectivity index (χ1) is 11.8. The maximum Gasteiger partial charge on any atom is 0.207 e. The van der Waals surface area contributed by atoms with Crippen molar-refractivity contribution in [2.75, 3.05) is 6.54 Å². The van der Waals surface area contributed by atoms with Crippen molar-refractivity contribution in [3.63, 3.8) is 0 Å². The molecule has 124 valence electrons. The van der Waals surface area contributed by atoms with Gasteiger partial charge in [-0.15, -0.1) is 0 Å². The Labute approximate surface area is 144 Å². The summed E-state index contributed by atoms with van der Waals surface area (Å²) in [4.78, 5) is 6.72. The average molecular weight is 320 g/mol. The molecule has 0 aromatic heterocycles. The average Bonchev–Trinajstić information content (AvgIpc) is 2.62. The highest BCUT2D eigenvalue weighted by Crippen LogP contribution is 2.10. The number of hydrogen-bond donors (Lipinski definition) is 1. The van der Waals surface area contributed by atoms with Crippen molar-refractivity contribution in [2.45, 2.75) is 32.9 Å². The molecular weight excluding hydrogens is 296 g/mol. The fourth-order valence-corrected chi connectivity index (χ4v) is 2.42. The predicted octanol–water partition coefficient (Wildman–Crippen LogP) is 3.92. The van der Waals surface area contributed by atoms with Gasteiger partial charge in [0.15, 0.2) is 6.19 Å². The molecule has 0 saturated heterocycles. The number of benzene rings is 2. The number of nitriles is 1. The molecule has 0 bridgehead atoms. The standard InChI is InChI=1S/C20H24N4/c1-2-3-14-22-20(23-17-21)24(15-18-10-6-4-7-11-18)16-19-12-8-5-9-13-19/h4-13H,2-3,14-16H2,1H3,(H,22,23). The maximum absolute atomic E-state index is 9.11. The van der Waals surface area contributed by atoms with E-state index in [4.69, 9.17) is 5.26 Å². The highest BCUT2D eigenvalue weighted by atomic mass is 15.3. The second-order valence-electron chi connectivity index (χ2n) is 5.62. The van der Waals surface area contributed by atoms with Gasteiger partial charge in [0.1, 0.15) is 0 Å². The van der Waals surface area contributed by atoms with Crippen LogP contribution in [0.1, 0.15) is 30.9 Å². The zero-order chi connectivity index (χ0) is 17.0. The van der Waals surface area contributed by atoms with E-state index in [0.717, 1.165) is 19.4 Å². The summed E-state index contributed by atoms with van der Waals surface area (Å²) in [5, 5.41) is 11.9. The molecule has 0 unspecified atom stereocenters. The monoisotopic (exact) mass is 320 g/mol. The van der Waals surface area contributed by atoms with Crippen LogP contribution in [0.15, 0.2) is 65.7 Å². The van der Waals surface area contributed by atoms with Gasteiger partial charge in [0, 0.05) is 19.6 Å². The minimum Gasteiger partial charge on any atom is -0.334 e. The summed E-state index contributed by atoms with van der Waals surface area (Å²) in [6.07, 6.45) is 4.12. The molecule has 2 aromatic carbocycles. The number of rotatable bonds is 7. The topological polar surface area (TPSA) is 51.4 Å². The Morgan fingerprint density at radius 1 is 1.00 bits per heavy atom. The van der Waals surface area contributed by atoms with Crippen molar-refractivity contribution < 1.29 is 0 Å². The predicted molar refractivity (Wildman–Crippen MR) is 98.1 cm³/mol. The van der Waals surface area contributed by atoms with Crippen LogP contribution < -0.4 is 5.32 Å². The fourth-order valence-electron chi connectivity index (χ4n) is 2.42. The molecule has 0 saturated carbocycles. The highest BCUT2D eigenvalue weighted by Gasteiger charge is 2.12. The minimum atomic E-state index is 0.638. The van der Waals surface area contributed by atoms with Gasteiger partial charge < -0.3 is 4.90 Å². The van der Waals surface area contributed by atoms with Crippen molar-refractivity contribution in [2.24, 2.45) is 4.99 Å². The molecule has 0 aliphatic carbocycles. The molecule has 24 heavy (non-hydrogen) atoms. The van der Waals surface area contributed by atoms with Crippen LogP contribution in [0.25, 0.3) is 0 Å².